The van der Waals surface area contributed by atoms with Crippen LogP contribution >= 0.6 is 0 Å². The first-order chi connectivity index (χ1) is 13.6. The molecule has 0 aliphatic carbocycles. The number of unbranched alkanes of at least 4 members (excludes halogenated alkanes) is 12. The van der Waals surface area contributed by atoms with E-state index in [1.807, 2.05) is 0 Å². The Morgan fingerprint density at radius 1 is 0.607 bits per heavy atom. The molecule has 0 spiro atoms. The molecule has 0 bridgehead atoms. The van der Waals surface area contributed by atoms with Crippen molar-refractivity contribution in [3.8, 4) is 0 Å². The molecule has 0 saturated carbocycles. The number of hydrogen-bond acceptors (Lipinski definition) is 1. The average Bonchev–Trinajstić information content (AvgIpc) is 2.69. The number of allylic oxidation sites excluding steroid dienone is 2. The summed E-state index contributed by atoms with van der Waals surface area (Å²) < 4.78 is 0. The monoisotopic (exact) mass is 394 g/mol. The highest BCUT2D eigenvalue weighted by Crippen LogP contribution is 2.37. The van der Waals surface area contributed by atoms with Crippen molar-refractivity contribution in [3.05, 3.63) is 12.2 Å². The van der Waals surface area contributed by atoms with Crippen molar-refractivity contribution in [2.24, 2.45) is 5.41 Å². The molecule has 0 unspecified atom stereocenters. The van der Waals surface area contributed by atoms with E-state index in [1.54, 1.807) is 0 Å². The third-order valence-electron chi connectivity index (χ3n) is 6.14. The summed E-state index contributed by atoms with van der Waals surface area (Å²) >= 11 is 0. The summed E-state index contributed by atoms with van der Waals surface area (Å²) in [5.41, 5.74) is -0.455. The molecular formula is C26H50O2. The summed E-state index contributed by atoms with van der Waals surface area (Å²) in [7, 11) is 0. The van der Waals surface area contributed by atoms with Gasteiger partial charge in [0, 0.05) is 0 Å². The van der Waals surface area contributed by atoms with Crippen molar-refractivity contribution in [2.75, 3.05) is 0 Å². The second-order valence-corrected chi connectivity index (χ2v) is 8.77. The number of carbonyl (C=O) groups is 1. The minimum absolute atomic E-state index is 0.455. The summed E-state index contributed by atoms with van der Waals surface area (Å²) in [6, 6.07) is 0. The third kappa shape index (κ3) is 14.2. The first kappa shape index (κ1) is 27.2. The van der Waals surface area contributed by atoms with Crippen LogP contribution in [0.1, 0.15) is 143 Å². The lowest BCUT2D eigenvalue weighted by Crippen LogP contribution is -2.31. The van der Waals surface area contributed by atoms with E-state index in [-0.39, 0.29) is 0 Å². The van der Waals surface area contributed by atoms with E-state index in [1.165, 1.54) is 70.6 Å². The molecule has 0 radical (unpaired) electrons. The van der Waals surface area contributed by atoms with E-state index in [9.17, 15) is 9.90 Å². The fraction of sp³-hybridized carbons (Fsp3) is 0.885. The van der Waals surface area contributed by atoms with Crippen LogP contribution in [-0.2, 0) is 4.79 Å². The van der Waals surface area contributed by atoms with E-state index >= 15 is 0 Å². The maximum absolute atomic E-state index is 12.0. The Balaban J connectivity index is 3.86. The molecule has 0 aromatic rings. The largest absolute Gasteiger partial charge is 0.481 e. The van der Waals surface area contributed by atoms with Gasteiger partial charge in [-0.1, -0.05) is 110 Å². The van der Waals surface area contributed by atoms with Gasteiger partial charge < -0.3 is 5.11 Å². The quantitative estimate of drug-likeness (QED) is 0.156. The fourth-order valence-corrected chi connectivity index (χ4v) is 4.08. The molecule has 1 N–H and O–H groups in total. The van der Waals surface area contributed by atoms with Gasteiger partial charge in [-0.3, -0.25) is 4.79 Å². The van der Waals surface area contributed by atoms with E-state index in [2.05, 4.69) is 32.9 Å². The maximum atomic E-state index is 12.0. The molecule has 2 nitrogen and oxygen atoms in total. The normalized spacial score (nSPS) is 12.1. The number of aliphatic carboxylic acids is 1. The number of carboxylic acid groups (broad SMARTS) is 1. The topological polar surface area (TPSA) is 37.3 Å². The van der Waals surface area contributed by atoms with Gasteiger partial charge in [0.25, 0.3) is 0 Å². The van der Waals surface area contributed by atoms with Crippen LogP contribution in [-0.4, -0.2) is 11.1 Å². The van der Waals surface area contributed by atoms with Crippen LogP contribution in [0, 0.1) is 5.41 Å². The van der Waals surface area contributed by atoms with Gasteiger partial charge in [-0.2, -0.15) is 0 Å². The van der Waals surface area contributed by atoms with Gasteiger partial charge >= 0.3 is 5.97 Å². The molecule has 0 rings (SSSR count). The van der Waals surface area contributed by atoms with Crippen LogP contribution in [0.4, 0.5) is 0 Å². The van der Waals surface area contributed by atoms with Gasteiger partial charge in [0.15, 0.2) is 0 Å². The molecule has 2 heteroatoms. The summed E-state index contributed by atoms with van der Waals surface area (Å²) in [5, 5.41) is 9.87. The smallest absolute Gasteiger partial charge is 0.309 e. The first-order valence-electron chi connectivity index (χ1n) is 12.5. The van der Waals surface area contributed by atoms with Gasteiger partial charge in [0.1, 0.15) is 0 Å². The van der Waals surface area contributed by atoms with Crippen molar-refractivity contribution in [2.45, 2.75) is 143 Å². The molecule has 0 aliphatic heterocycles. The maximum Gasteiger partial charge on any atom is 0.309 e. The lowest BCUT2D eigenvalue weighted by Gasteiger charge is -2.29. The van der Waals surface area contributed by atoms with Crippen LogP contribution in [0.2, 0.25) is 0 Å². The van der Waals surface area contributed by atoms with E-state index in [4.69, 9.17) is 0 Å². The minimum Gasteiger partial charge on any atom is -0.481 e. The van der Waals surface area contributed by atoms with Crippen LogP contribution in [0.15, 0.2) is 12.2 Å². The first-order valence-corrected chi connectivity index (χ1v) is 12.5. The van der Waals surface area contributed by atoms with Gasteiger partial charge in [-0.15, -0.1) is 0 Å². The molecule has 0 saturated heterocycles. The Morgan fingerprint density at radius 2 is 1.00 bits per heavy atom. The van der Waals surface area contributed by atoms with Gasteiger partial charge in [-0.05, 0) is 44.9 Å². The Kier molecular flexibility index (Phi) is 19.0. The Hall–Kier alpha value is -0.790. The lowest BCUT2D eigenvalue weighted by atomic mass is 9.74. The lowest BCUT2D eigenvalue weighted by molar-refractivity contribution is -0.150. The molecule has 0 atom stereocenters. The zero-order valence-electron chi connectivity index (χ0n) is 19.4. The van der Waals surface area contributed by atoms with Gasteiger partial charge in [0.2, 0.25) is 0 Å². The number of carboxylic acids is 1. The van der Waals surface area contributed by atoms with Crippen molar-refractivity contribution < 1.29 is 9.90 Å². The second kappa shape index (κ2) is 19.5. The average molecular weight is 395 g/mol. The Morgan fingerprint density at radius 3 is 1.46 bits per heavy atom. The SMILES string of the molecule is CCCCCCCCC=CCCCCCCC(CCCC)(CCCC)C(=O)O. The number of hydrogen-bond donors (Lipinski definition) is 1. The minimum atomic E-state index is -0.549. The van der Waals surface area contributed by atoms with Crippen molar-refractivity contribution in [3.63, 3.8) is 0 Å². The van der Waals surface area contributed by atoms with Crippen LogP contribution < -0.4 is 0 Å². The molecule has 0 heterocycles. The molecule has 166 valence electrons. The highest BCUT2D eigenvalue weighted by atomic mass is 16.4. The third-order valence-corrected chi connectivity index (χ3v) is 6.14. The molecular weight excluding hydrogens is 344 g/mol. The van der Waals surface area contributed by atoms with E-state index < -0.39 is 11.4 Å². The predicted octanol–water partition coefficient (Wildman–Crippen LogP) is 9.09. The summed E-state index contributed by atoms with van der Waals surface area (Å²) in [6.45, 7) is 6.59. The highest BCUT2D eigenvalue weighted by Gasteiger charge is 2.36. The summed E-state index contributed by atoms with van der Waals surface area (Å²) in [6.07, 6.45) is 27.0. The highest BCUT2D eigenvalue weighted by molar-refractivity contribution is 5.74. The number of rotatable bonds is 21. The van der Waals surface area contributed by atoms with Crippen molar-refractivity contribution in [1.82, 2.24) is 0 Å². The molecule has 0 amide bonds. The molecule has 0 aromatic heterocycles. The fourth-order valence-electron chi connectivity index (χ4n) is 4.08. The van der Waals surface area contributed by atoms with Crippen molar-refractivity contribution in [1.29, 1.82) is 0 Å². The van der Waals surface area contributed by atoms with E-state index in [0.29, 0.717) is 0 Å². The van der Waals surface area contributed by atoms with Crippen molar-refractivity contribution >= 4 is 5.97 Å². The van der Waals surface area contributed by atoms with Gasteiger partial charge in [0.05, 0.1) is 5.41 Å². The standard InChI is InChI=1S/C26H50O2/c1-4-7-10-11-12-13-14-15-16-17-18-19-20-21-24-26(25(27)28,22-8-5-2)23-9-6-3/h15-16H,4-14,17-24H2,1-3H3,(H,27,28). The zero-order chi connectivity index (χ0) is 20.9. The second-order valence-electron chi connectivity index (χ2n) is 8.77. The predicted molar refractivity (Wildman–Crippen MR) is 124 cm³/mol. The van der Waals surface area contributed by atoms with Crippen LogP contribution in [0.25, 0.3) is 0 Å². The summed E-state index contributed by atoms with van der Waals surface area (Å²) in [5.74, 6) is -0.549. The Bertz CT molecular complexity index is 365. The van der Waals surface area contributed by atoms with E-state index in [0.717, 1.165) is 51.4 Å². The van der Waals surface area contributed by atoms with Gasteiger partial charge in [-0.25, -0.2) is 0 Å². The van der Waals surface area contributed by atoms with Crippen LogP contribution in [0.5, 0.6) is 0 Å². The molecule has 0 aliphatic rings. The summed E-state index contributed by atoms with van der Waals surface area (Å²) in [4.78, 5) is 12.0. The zero-order valence-corrected chi connectivity index (χ0v) is 19.4. The molecule has 0 aromatic carbocycles. The molecule has 28 heavy (non-hydrogen) atoms. The Labute approximate surface area is 176 Å². The molecule has 0 fully saturated rings. The van der Waals surface area contributed by atoms with Crippen LogP contribution in [0.3, 0.4) is 0 Å².